The van der Waals surface area contributed by atoms with E-state index in [2.05, 4.69) is 22.1 Å². The number of hydrogen-bond donors (Lipinski definition) is 2. The number of hydrogen-bond acceptors (Lipinski definition) is 5. The number of ether oxygens (including phenoxy) is 2. The predicted molar refractivity (Wildman–Crippen MR) is 121 cm³/mol. The van der Waals surface area contributed by atoms with Crippen LogP contribution < -0.4 is 9.47 Å². The van der Waals surface area contributed by atoms with Crippen LogP contribution in [0.25, 0.3) is 22.2 Å². The minimum absolute atomic E-state index is 0.0500. The van der Waals surface area contributed by atoms with Crippen molar-refractivity contribution in [1.82, 2.24) is 14.9 Å². The summed E-state index contributed by atoms with van der Waals surface area (Å²) >= 11 is 0. The predicted octanol–water partition coefficient (Wildman–Crippen LogP) is 3.64. The SMILES string of the molecule is O=C(c1ccc(OCCO)cc1)N1CCOc2ccc(-c3ccc4nc[nH]c4c3)cc2C1. The van der Waals surface area contributed by atoms with Crippen LogP contribution in [0.2, 0.25) is 0 Å². The number of carbonyl (C=O) groups is 1. The lowest BCUT2D eigenvalue weighted by Crippen LogP contribution is -2.32. The zero-order chi connectivity index (χ0) is 21.9. The van der Waals surface area contributed by atoms with E-state index < -0.39 is 0 Å². The Morgan fingerprint density at radius 1 is 1.09 bits per heavy atom. The first kappa shape index (κ1) is 20.1. The molecule has 7 heteroatoms. The fourth-order valence-corrected chi connectivity index (χ4v) is 3.90. The summed E-state index contributed by atoms with van der Waals surface area (Å²) in [5.41, 5.74) is 5.61. The summed E-state index contributed by atoms with van der Waals surface area (Å²) in [5.74, 6) is 1.37. The molecule has 0 atom stereocenters. The molecule has 2 N–H and O–H groups in total. The Kier molecular flexibility index (Phi) is 5.47. The molecular weight excluding hydrogens is 406 g/mol. The van der Waals surface area contributed by atoms with Crippen LogP contribution in [0.15, 0.2) is 67.0 Å². The van der Waals surface area contributed by atoms with E-state index in [0.717, 1.165) is 33.5 Å². The molecule has 7 nitrogen and oxygen atoms in total. The van der Waals surface area contributed by atoms with Gasteiger partial charge in [0.15, 0.2) is 0 Å². The molecule has 0 saturated carbocycles. The normalized spacial score (nSPS) is 13.3. The molecule has 32 heavy (non-hydrogen) atoms. The third kappa shape index (κ3) is 4.02. The maximum absolute atomic E-state index is 13.1. The molecule has 0 fully saturated rings. The number of aliphatic hydroxyl groups excluding tert-OH is 1. The smallest absolute Gasteiger partial charge is 0.254 e. The highest BCUT2D eigenvalue weighted by atomic mass is 16.5. The van der Waals surface area contributed by atoms with E-state index in [0.29, 0.717) is 31.0 Å². The van der Waals surface area contributed by atoms with Crippen LogP contribution in [0.3, 0.4) is 0 Å². The summed E-state index contributed by atoms with van der Waals surface area (Å²) in [5, 5.41) is 8.87. The van der Waals surface area contributed by atoms with Crippen molar-refractivity contribution in [3.63, 3.8) is 0 Å². The van der Waals surface area contributed by atoms with Gasteiger partial charge in [-0.15, -0.1) is 0 Å². The summed E-state index contributed by atoms with van der Waals surface area (Å²) < 4.78 is 11.3. The zero-order valence-corrected chi connectivity index (χ0v) is 17.5. The van der Waals surface area contributed by atoms with Gasteiger partial charge in [0.1, 0.15) is 24.7 Å². The number of imidazole rings is 1. The number of nitrogens with zero attached hydrogens (tertiary/aromatic N) is 2. The molecule has 0 saturated heterocycles. The van der Waals surface area contributed by atoms with Crippen LogP contribution in [-0.4, -0.2) is 52.2 Å². The number of fused-ring (bicyclic) bond motifs is 2. The number of H-pyrrole nitrogens is 1. The van der Waals surface area contributed by atoms with Crippen molar-refractivity contribution in [3.8, 4) is 22.6 Å². The molecule has 1 aliphatic heterocycles. The molecule has 5 rings (SSSR count). The number of aromatic nitrogens is 2. The molecule has 3 aromatic carbocycles. The van der Waals surface area contributed by atoms with E-state index in [1.807, 2.05) is 24.3 Å². The Morgan fingerprint density at radius 3 is 2.75 bits per heavy atom. The Morgan fingerprint density at radius 2 is 1.91 bits per heavy atom. The lowest BCUT2D eigenvalue weighted by atomic mass is 10.0. The first-order valence-corrected chi connectivity index (χ1v) is 10.5. The maximum atomic E-state index is 13.1. The molecule has 0 bridgehead atoms. The van der Waals surface area contributed by atoms with Gasteiger partial charge in [0.2, 0.25) is 0 Å². The number of aromatic amines is 1. The van der Waals surface area contributed by atoms with Gasteiger partial charge in [-0.05, 0) is 59.7 Å². The Labute approximate surface area is 185 Å². The lowest BCUT2D eigenvalue weighted by Gasteiger charge is -2.20. The summed E-state index contributed by atoms with van der Waals surface area (Å²) in [6, 6.07) is 19.2. The third-order valence-electron chi connectivity index (χ3n) is 5.54. The second-order valence-corrected chi connectivity index (χ2v) is 7.63. The molecular formula is C25H23N3O4. The summed E-state index contributed by atoms with van der Waals surface area (Å²) in [6.07, 6.45) is 1.69. The molecule has 1 aromatic heterocycles. The first-order valence-electron chi connectivity index (χ1n) is 10.5. The molecule has 0 radical (unpaired) electrons. The van der Waals surface area contributed by atoms with Crippen LogP contribution in [-0.2, 0) is 6.54 Å². The van der Waals surface area contributed by atoms with Gasteiger partial charge >= 0.3 is 0 Å². The van der Waals surface area contributed by atoms with Crippen molar-refractivity contribution in [1.29, 1.82) is 0 Å². The fourth-order valence-electron chi connectivity index (χ4n) is 3.90. The van der Waals surface area contributed by atoms with Gasteiger partial charge in [0.25, 0.3) is 5.91 Å². The molecule has 162 valence electrons. The number of aliphatic hydroxyl groups is 1. The summed E-state index contributed by atoms with van der Waals surface area (Å²) in [6.45, 7) is 1.59. The molecule has 0 spiro atoms. The van der Waals surface area contributed by atoms with E-state index in [9.17, 15) is 4.79 Å². The van der Waals surface area contributed by atoms with E-state index in [4.69, 9.17) is 14.6 Å². The first-order chi connectivity index (χ1) is 15.7. The van der Waals surface area contributed by atoms with Crippen molar-refractivity contribution in [2.75, 3.05) is 26.4 Å². The molecule has 0 unspecified atom stereocenters. The van der Waals surface area contributed by atoms with Gasteiger partial charge in [-0.3, -0.25) is 4.79 Å². The standard InChI is InChI=1S/C25H23N3O4/c29-10-12-31-21-5-1-17(2-6-21)25(30)28-9-11-32-24-8-4-18(13-20(24)15-28)19-3-7-22-23(14-19)27-16-26-22/h1-8,13-14,16,29H,9-12,15H2,(H,26,27). The van der Waals surface area contributed by atoms with Gasteiger partial charge in [-0.1, -0.05) is 12.1 Å². The van der Waals surface area contributed by atoms with Gasteiger partial charge in [-0.2, -0.15) is 0 Å². The lowest BCUT2D eigenvalue weighted by molar-refractivity contribution is 0.0733. The Hall–Kier alpha value is -3.84. The highest BCUT2D eigenvalue weighted by molar-refractivity contribution is 5.94. The number of amides is 1. The van der Waals surface area contributed by atoms with Crippen LogP contribution in [0, 0.1) is 0 Å². The van der Waals surface area contributed by atoms with Crippen LogP contribution in [0.4, 0.5) is 0 Å². The van der Waals surface area contributed by atoms with Crippen LogP contribution >= 0.6 is 0 Å². The maximum Gasteiger partial charge on any atom is 0.254 e. The van der Waals surface area contributed by atoms with Crippen molar-refractivity contribution < 1.29 is 19.4 Å². The van der Waals surface area contributed by atoms with Crippen molar-refractivity contribution in [2.24, 2.45) is 0 Å². The van der Waals surface area contributed by atoms with E-state index in [-0.39, 0.29) is 19.1 Å². The van der Waals surface area contributed by atoms with Crippen LogP contribution in [0.5, 0.6) is 11.5 Å². The molecule has 4 aromatic rings. The number of benzene rings is 3. The minimum Gasteiger partial charge on any atom is -0.491 e. The second-order valence-electron chi connectivity index (χ2n) is 7.63. The average molecular weight is 429 g/mol. The Balaban J connectivity index is 1.38. The van der Waals surface area contributed by atoms with Crippen LogP contribution in [0.1, 0.15) is 15.9 Å². The van der Waals surface area contributed by atoms with Gasteiger partial charge in [0.05, 0.1) is 30.5 Å². The second kappa shape index (κ2) is 8.72. The number of rotatable bonds is 5. The van der Waals surface area contributed by atoms with Crippen molar-refractivity contribution in [2.45, 2.75) is 6.54 Å². The van der Waals surface area contributed by atoms with Crippen molar-refractivity contribution in [3.05, 3.63) is 78.1 Å². The molecule has 1 amide bonds. The Bertz CT molecular complexity index is 1250. The van der Waals surface area contributed by atoms with Crippen molar-refractivity contribution >= 4 is 16.9 Å². The fraction of sp³-hybridized carbons (Fsp3) is 0.200. The zero-order valence-electron chi connectivity index (χ0n) is 17.5. The van der Waals surface area contributed by atoms with E-state index in [1.54, 1.807) is 35.5 Å². The molecule has 1 aliphatic rings. The summed E-state index contributed by atoms with van der Waals surface area (Å²) in [7, 11) is 0. The third-order valence-corrected chi connectivity index (χ3v) is 5.54. The monoisotopic (exact) mass is 429 g/mol. The van der Waals surface area contributed by atoms with E-state index in [1.165, 1.54) is 0 Å². The quantitative estimate of drug-likeness (QED) is 0.506. The molecule has 0 aliphatic carbocycles. The number of nitrogens with one attached hydrogen (secondary N) is 1. The topological polar surface area (TPSA) is 87.7 Å². The summed E-state index contributed by atoms with van der Waals surface area (Å²) in [4.78, 5) is 22.4. The number of carbonyl (C=O) groups excluding carboxylic acids is 1. The molecule has 2 heterocycles. The minimum atomic E-state index is -0.0561. The highest BCUT2D eigenvalue weighted by Crippen LogP contribution is 2.31. The largest absolute Gasteiger partial charge is 0.491 e. The van der Waals surface area contributed by atoms with E-state index >= 15 is 0 Å². The van der Waals surface area contributed by atoms with Gasteiger partial charge in [0, 0.05) is 17.7 Å². The average Bonchev–Trinajstić information content (AvgIpc) is 3.20. The van der Waals surface area contributed by atoms with Gasteiger partial charge in [-0.25, -0.2) is 4.98 Å². The highest BCUT2D eigenvalue weighted by Gasteiger charge is 2.21. The van der Waals surface area contributed by atoms with Gasteiger partial charge < -0.3 is 24.5 Å².